The minimum atomic E-state index is -1.43. The lowest BCUT2D eigenvalue weighted by molar-refractivity contribution is 0.411. The van der Waals surface area contributed by atoms with E-state index in [1.807, 2.05) is 26.8 Å². The summed E-state index contributed by atoms with van der Waals surface area (Å²) >= 11 is 1.80. The largest absolute Gasteiger partial charge is 0.256 e. The normalized spacial score (nSPS) is 14.0. The Bertz CT molecular complexity index is 1110. The summed E-state index contributed by atoms with van der Waals surface area (Å²) in [6.07, 6.45) is 0.286. The van der Waals surface area contributed by atoms with Gasteiger partial charge in [-0.2, -0.15) is 0 Å². The number of hydrogen-bond acceptors (Lipinski definition) is 2. The molecule has 0 spiro atoms. The molecule has 0 unspecified atom stereocenters. The van der Waals surface area contributed by atoms with Gasteiger partial charge < -0.3 is 0 Å². The highest BCUT2D eigenvalue weighted by atomic mass is 32.1. The molecule has 2 heterocycles. The maximum absolute atomic E-state index is 8.53. The van der Waals surface area contributed by atoms with Crippen molar-refractivity contribution in [1.82, 2.24) is 4.98 Å². The molecule has 24 heavy (non-hydrogen) atoms. The number of thiophene rings is 1. The topological polar surface area (TPSA) is 12.9 Å². The first kappa shape index (κ1) is 13.1. The zero-order valence-corrected chi connectivity index (χ0v) is 14.9. The summed E-state index contributed by atoms with van der Waals surface area (Å²) in [6.45, 7) is 5.78. The Morgan fingerprint density at radius 2 is 1.75 bits per heavy atom. The van der Waals surface area contributed by atoms with Gasteiger partial charge in [0.2, 0.25) is 0 Å². The Morgan fingerprint density at radius 3 is 2.58 bits per heavy atom. The summed E-state index contributed by atoms with van der Waals surface area (Å²) in [5, 5.41) is 2.49. The molecule has 0 aliphatic carbocycles. The van der Waals surface area contributed by atoms with Crippen molar-refractivity contribution in [3.8, 4) is 11.3 Å². The van der Waals surface area contributed by atoms with E-state index in [4.69, 9.17) is 2.74 Å². The summed E-state index contributed by atoms with van der Waals surface area (Å²) in [4.78, 5) is 4.51. The average Bonchev–Trinajstić information content (AvgIpc) is 2.98. The molecule has 0 radical (unpaired) electrons. The molecular formula is C22H21NS. The quantitative estimate of drug-likeness (QED) is 0.397. The third-order valence-electron chi connectivity index (χ3n) is 3.95. The molecule has 4 aromatic rings. The fraction of sp³-hybridized carbons (Fsp3) is 0.227. The van der Waals surface area contributed by atoms with Gasteiger partial charge in [-0.1, -0.05) is 45.0 Å². The molecule has 2 aromatic heterocycles. The minimum absolute atomic E-state index is 0.487. The Balaban J connectivity index is 1.85. The number of hydrogen-bond donors (Lipinski definition) is 0. The molecule has 0 aliphatic heterocycles. The van der Waals surface area contributed by atoms with Crippen molar-refractivity contribution in [3.05, 3.63) is 66.4 Å². The molecular weight excluding hydrogens is 310 g/mol. The minimum Gasteiger partial charge on any atom is -0.256 e. The Labute approximate surface area is 149 Å². The van der Waals surface area contributed by atoms with Crippen molar-refractivity contribution >= 4 is 31.5 Å². The second-order valence-corrected chi connectivity index (χ2v) is 8.20. The lowest BCUT2D eigenvalue weighted by atomic mass is 9.88. The zero-order valence-electron chi connectivity index (χ0n) is 16.1. The van der Waals surface area contributed by atoms with Crippen LogP contribution in [-0.2, 0) is 6.37 Å². The lowest BCUT2D eigenvalue weighted by Gasteiger charge is -2.18. The second kappa shape index (κ2) is 5.71. The van der Waals surface area contributed by atoms with Crippen LogP contribution in [0.4, 0.5) is 0 Å². The number of benzene rings is 2. The van der Waals surface area contributed by atoms with Gasteiger partial charge in [-0.3, -0.25) is 4.98 Å². The highest BCUT2D eigenvalue weighted by Crippen LogP contribution is 2.36. The van der Waals surface area contributed by atoms with Crippen LogP contribution in [0.5, 0.6) is 0 Å². The van der Waals surface area contributed by atoms with Crippen LogP contribution in [0.2, 0.25) is 0 Å². The van der Waals surface area contributed by atoms with Gasteiger partial charge in [-0.25, -0.2) is 0 Å². The highest BCUT2D eigenvalue weighted by molar-refractivity contribution is 7.25. The van der Waals surface area contributed by atoms with Crippen LogP contribution in [0.1, 0.15) is 29.1 Å². The Hall–Kier alpha value is -2.19. The molecule has 0 saturated carbocycles. The molecule has 0 fully saturated rings. The van der Waals surface area contributed by atoms with Crippen LogP contribution in [-0.4, -0.2) is 4.98 Å². The fourth-order valence-corrected chi connectivity index (χ4v) is 4.07. The monoisotopic (exact) mass is 333 g/mol. The van der Waals surface area contributed by atoms with E-state index in [-0.39, 0.29) is 0 Å². The SMILES string of the molecule is [2H]C([2H])(c1ccnc(-c2ccc3sc4ccccc4c3c2)c1)C(C)(C)C. The van der Waals surface area contributed by atoms with E-state index in [1.165, 1.54) is 20.2 Å². The number of pyridine rings is 1. The van der Waals surface area contributed by atoms with Gasteiger partial charge in [0.1, 0.15) is 0 Å². The van der Waals surface area contributed by atoms with Crippen molar-refractivity contribution in [2.75, 3.05) is 0 Å². The van der Waals surface area contributed by atoms with Gasteiger partial charge in [0, 0.05) is 34.7 Å². The smallest absolute Gasteiger partial charge is 0.0704 e. The lowest BCUT2D eigenvalue weighted by Crippen LogP contribution is -2.09. The van der Waals surface area contributed by atoms with Crippen molar-refractivity contribution in [2.24, 2.45) is 5.41 Å². The van der Waals surface area contributed by atoms with Gasteiger partial charge >= 0.3 is 0 Å². The molecule has 1 nitrogen and oxygen atoms in total. The van der Waals surface area contributed by atoms with Gasteiger partial charge in [0.15, 0.2) is 0 Å². The van der Waals surface area contributed by atoms with Gasteiger partial charge in [-0.15, -0.1) is 11.3 Å². The molecule has 0 amide bonds. The van der Waals surface area contributed by atoms with Crippen LogP contribution in [0.3, 0.4) is 0 Å². The standard InChI is InChI=1S/C22H21NS/c1-22(2,3)14-15-10-11-23-19(12-15)16-8-9-21-18(13-16)17-6-4-5-7-20(17)24-21/h4-13H,14H2,1-3H3/i14D2. The highest BCUT2D eigenvalue weighted by Gasteiger charge is 2.12. The molecule has 2 heteroatoms. The number of nitrogens with zero attached hydrogens (tertiary/aromatic N) is 1. The summed E-state index contributed by atoms with van der Waals surface area (Å²) in [7, 11) is 0. The predicted molar refractivity (Wildman–Crippen MR) is 106 cm³/mol. The van der Waals surface area contributed by atoms with Crippen molar-refractivity contribution in [1.29, 1.82) is 0 Å². The first-order chi connectivity index (χ1) is 12.3. The third kappa shape index (κ3) is 2.94. The zero-order chi connectivity index (χ0) is 18.5. The van der Waals surface area contributed by atoms with E-state index in [9.17, 15) is 0 Å². The van der Waals surface area contributed by atoms with Crippen LogP contribution in [0.25, 0.3) is 31.4 Å². The first-order valence-corrected chi connectivity index (χ1v) is 8.97. The molecule has 2 aromatic carbocycles. The van der Waals surface area contributed by atoms with Gasteiger partial charge in [-0.05, 0) is 47.7 Å². The van der Waals surface area contributed by atoms with Crippen LogP contribution < -0.4 is 0 Å². The van der Waals surface area contributed by atoms with E-state index >= 15 is 0 Å². The molecule has 0 atom stereocenters. The molecule has 0 saturated heterocycles. The molecule has 120 valence electrons. The molecule has 0 N–H and O–H groups in total. The fourth-order valence-electron chi connectivity index (χ4n) is 2.98. The molecule has 0 bridgehead atoms. The number of rotatable bonds is 2. The van der Waals surface area contributed by atoms with E-state index in [0.29, 0.717) is 5.56 Å². The predicted octanol–water partition coefficient (Wildman–Crippen LogP) is 6.71. The Kier molecular flexibility index (Phi) is 3.13. The van der Waals surface area contributed by atoms with E-state index in [1.54, 1.807) is 23.6 Å². The van der Waals surface area contributed by atoms with Crippen LogP contribution in [0, 0.1) is 5.41 Å². The van der Waals surface area contributed by atoms with Crippen LogP contribution in [0.15, 0.2) is 60.8 Å². The third-order valence-corrected chi connectivity index (χ3v) is 5.10. The molecule has 0 aliphatic rings. The van der Waals surface area contributed by atoms with Crippen molar-refractivity contribution < 1.29 is 2.74 Å². The average molecular weight is 333 g/mol. The number of fused-ring (bicyclic) bond motifs is 3. The summed E-state index contributed by atoms with van der Waals surface area (Å²) < 4.78 is 19.6. The van der Waals surface area contributed by atoms with E-state index in [2.05, 4.69) is 47.4 Å². The van der Waals surface area contributed by atoms with E-state index < -0.39 is 11.8 Å². The maximum Gasteiger partial charge on any atom is 0.0704 e. The summed E-state index contributed by atoms with van der Waals surface area (Å²) in [5.74, 6) is 0. The summed E-state index contributed by atoms with van der Waals surface area (Å²) in [6, 6.07) is 18.5. The second-order valence-electron chi connectivity index (χ2n) is 7.11. The maximum atomic E-state index is 8.53. The molecule has 4 rings (SSSR count). The van der Waals surface area contributed by atoms with Gasteiger partial charge in [0.25, 0.3) is 0 Å². The first-order valence-electron chi connectivity index (χ1n) is 9.15. The van der Waals surface area contributed by atoms with E-state index in [0.717, 1.165) is 11.3 Å². The van der Waals surface area contributed by atoms with Crippen molar-refractivity contribution in [2.45, 2.75) is 27.1 Å². The number of aromatic nitrogens is 1. The Morgan fingerprint density at radius 1 is 0.958 bits per heavy atom. The summed E-state index contributed by atoms with van der Waals surface area (Å²) in [5.41, 5.74) is 2.02. The van der Waals surface area contributed by atoms with Gasteiger partial charge in [0.05, 0.1) is 5.69 Å². The van der Waals surface area contributed by atoms with Crippen molar-refractivity contribution in [3.63, 3.8) is 0 Å². The van der Waals surface area contributed by atoms with Crippen LogP contribution >= 0.6 is 11.3 Å².